The number of benzene rings is 2. The van der Waals surface area contributed by atoms with Crippen molar-refractivity contribution in [1.29, 1.82) is 0 Å². The summed E-state index contributed by atoms with van der Waals surface area (Å²) >= 11 is 1.43. The first-order valence-electron chi connectivity index (χ1n) is 6.95. The Bertz CT molecular complexity index is 936. The van der Waals surface area contributed by atoms with Crippen molar-refractivity contribution in [1.82, 2.24) is 4.98 Å². The van der Waals surface area contributed by atoms with Crippen molar-refractivity contribution < 1.29 is 12.8 Å². The lowest BCUT2D eigenvalue weighted by Gasteiger charge is -2.04. The SMILES string of the molecule is CS(=O)(=O)Nc1ccc(-c2csc(Nc3ccc(F)cc3)n2)cc1. The van der Waals surface area contributed by atoms with E-state index < -0.39 is 10.0 Å². The van der Waals surface area contributed by atoms with Crippen LogP contribution in [0.1, 0.15) is 0 Å². The van der Waals surface area contributed by atoms with Gasteiger partial charge in [-0.1, -0.05) is 12.1 Å². The predicted molar refractivity (Wildman–Crippen MR) is 95.7 cm³/mol. The minimum absolute atomic E-state index is 0.289. The van der Waals surface area contributed by atoms with Crippen LogP contribution < -0.4 is 10.0 Å². The lowest BCUT2D eigenvalue weighted by molar-refractivity contribution is 0.607. The van der Waals surface area contributed by atoms with Gasteiger partial charge in [0.05, 0.1) is 11.9 Å². The zero-order valence-corrected chi connectivity index (χ0v) is 14.3. The van der Waals surface area contributed by atoms with Crippen LogP contribution >= 0.6 is 11.3 Å². The molecule has 3 rings (SSSR count). The van der Waals surface area contributed by atoms with Crippen molar-refractivity contribution in [2.24, 2.45) is 0 Å². The molecule has 2 N–H and O–H groups in total. The van der Waals surface area contributed by atoms with Crippen LogP contribution in [-0.4, -0.2) is 19.7 Å². The van der Waals surface area contributed by atoms with Crippen molar-refractivity contribution in [3.05, 3.63) is 59.7 Å². The predicted octanol–water partition coefficient (Wildman–Crippen LogP) is 4.06. The Kier molecular flexibility index (Phi) is 4.50. The van der Waals surface area contributed by atoms with Gasteiger partial charge >= 0.3 is 0 Å². The molecule has 0 aliphatic heterocycles. The number of rotatable bonds is 5. The zero-order chi connectivity index (χ0) is 17.2. The number of aromatic nitrogens is 1. The van der Waals surface area contributed by atoms with Crippen LogP contribution in [0.3, 0.4) is 0 Å². The van der Waals surface area contributed by atoms with Crippen LogP contribution in [0.15, 0.2) is 53.9 Å². The molecule has 0 fully saturated rings. The second-order valence-electron chi connectivity index (χ2n) is 5.12. The molecule has 5 nitrogen and oxygen atoms in total. The molecule has 24 heavy (non-hydrogen) atoms. The number of nitrogens with zero attached hydrogens (tertiary/aromatic N) is 1. The van der Waals surface area contributed by atoms with Crippen LogP contribution in [-0.2, 0) is 10.0 Å². The molecule has 8 heteroatoms. The molecule has 1 aromatic heterocycles. The number of nitrogens with one attached hydrogen (secondary N) is 2. The second kappa shape index (κ2) is 6.58. The molecule has 124 valence electrons. The maximum Gasteiger partial charge on any atom is 0.229 e. The maximum atomic E-state index is 12.9. The van der Waals surface area contributed by atoms with E-state index in [2.05, 4.69) is 15.0 Å². The van der Waals surface area contributed by atoms with Crippen molar-refractivity contribution in [2.75, 3.05) is 16.3 Å². The fourth-order valence-corrected chi connectivity index (χ4v) is 3.35. The van der Waals surface area contributed by atoms with E-state index in [1.807, 2.05) is 5.38 Å². The van der Waals surface area contributed by atoms with Gasteiger partial charge in [-0.15, -0.1) is 11.3 Å². The summed E-state index contributed by atoms with van der Waals surface area (Å²) in [6.45, 7) is 0. The van der Waals surface area contributed by atoms with Gasteiger partial charge in [-0.25, -0.2) is 17.8 Å². The molecule has 0 saturated heterocycles. The number of hydrogen-bond donors (Lipinski definition) is 2. The fourth-order valence-electron chi connectivity index (χ4n) is 2.04. The monoisotopic (exact) mass is 363 g/mol. The van der Waals surface area contributed by atoms with Gasteiger partial charge in [0.2, 0.25) is 10.0 Å². The molecule has 0 unspecified atom stereocenters. The molecule has 0 saturated carbocycles. The van der Waals surface area contributed by atoms with Gasteiger partial charge in [-0.05, 0) is 36.4 Å². The average molecular weight is 363 g/mol. The van der Waals surface area contributed by atoms with Crippen LogP contribution in [0.2, 0.25) is 0 Å². The van der Waals surface area contributed by atoms with Gasteiger partial charge in [0.1, 0.15) is 5.82 Å². The Morgan fingerprint density at radius 3 is 2.25 bits per heavy atom. The summed E-state index contributed by atoms with van der Waals surface area (Å²) in [6, 6.07) is 13.0. The number of hydrogen-bond acceptors (Lipinski definition) is 5. The minimum Gasteiger partial charge on any atom is -0.332 e. The van der Waals surface area contributed by atoms with Gasteiger partial charge in [0.25, 0.3) is 0 Å². The summed E-state index contributed by atoms with van der Waals surface area (Å²) in [4.78, 5) is 4.48. The smallest absolute Gasteiger partial charge is 0.229 e. The molecule has 3 aromatic rings. The van der Waals surface area contributed by atoms with Crippen molar-refractivity contribution in [3.8, 4) is 11.3 Å². The van der Waals surface area contributed by atoms with Gasteiger partial charge in [0.15, 0.2) is 5.13 Å². The van der Waals surface area contributed by atoms with E-state index in [0.29, 0.717) is 10.8 Å². The Morgan fingerprint density at radius 1 is 1.00 bits per heavy atom. The third-order valence-corrected chi connectivity index (χ3v) is 4.45. The summed E-state index contributed by atoms with van der Waals surface area (Å²) in [5, 5.41) is 5.70. The summed E-state index contributed by atoms with van der Waals surface area (Å²) in [5.74, 6) is -0.289. The van der Waals surface area contributed by atoms with Crippen LogP contribution in [0.4, 0.5) is 20.9 Å². The molecule has 0 aliphatic carbocycles. The topological polar surface area (TPSA) is 71.1 Å². The van der Waals surface area contributed by atoms with Crippen LogP contribution in [0, 0.1) is 5.82 Å². The summed E-state index contributed by atoms with van der Waals surface area (Å²) in [5.41, 5.74) is 2.90. The third kappa shape index (κ3) is 4.30. The van der Waals surface area contributed by atoms with E-state index in [1.165, 1.54) is 23.5 Å². The van der Waals surface area contributed by atoms with Crippen LogP contribution in [0.25, 0.3) is 11.3 Å². The molecule has 0 atom stereocenters. The largest absolute Gasteiger partial charge is 0.332 e. The van der Waals surface area contributed by atoms with E-state index in [-0.39, 0.29) is 5.82 Å². The first-order valence-corrected chi connectivity index (χ1v) is 9.72. The molecular weight excluding hydrogens is 349 g/mol. The number of halogens is 1. The highest BCUT2D eigenvalue weighted by Gasteiger charge is 2.07. The Morgan fingerprint density at radius 2 is 1.62 bits per heavy atom. The lowest BCUT2D eigenvalue weighted by atomic mass is 10.1. The highest BCUT2D eigenvalue weighted by atomic mass is 32.2. The molecule has 2 aromatic carbocycles. The Hall–Kier alpha value is -2.45. The molecule has 0 bridgehead atoms. The summed E-state index contributed by atoms with van der Waals surface area (Å²) < 4.78 is 37.7. The molecule has 0 amide bonds. The van der Waals surface area contributed by atoms with Gasteiger partial charge in [-0.3, -0.25) is 4.72 Å². The molecule has 0 spiro atoms. The minimum atomic E-state index is -3.29. The van der Waals surface area contributed by atoms with Gasteiger partial charge in [-0.2, -0.15) is 0 Å². The molecule has 0 radical (unpaired) electrons. The summed E-state index contributed by atoms with van der Waals surface area (Å²) in [7, 11) is -3.29. The van der Waals surface area contributed by atoms with E-state index in [9.17, 15) is 12.8 Å². The third-order valence-electron chi connectivity index (χ3n) is 3.08. The maximum absolute atomic E-state index is 12.9. The Balaban J connectivity index is 1.74. The highest BCUT2D eigenvalue weighted by molar-refractivity contribution is 7.92. The molecular formula is C16H14FN3O2S2. The highest BCUT2D eigenvalue weighted by Crippen LogP contribution is 2.28. The first kappa shape index (κ1) is 16.4. The van der Waals surface area contributed by atoms with E-state index >= 15 is 0 Å². The lowest BCUT2D eigenvalue weighted by Crippen LogP contribution is -2.09. The van der Waals surface area contributed by atoms with E-state index in [1.54, 1.807) is 36.4 Å². The molecule has 0 aliphatic rings. The normalized spacial score (nSPS) is 11.2. The molecule has 1 heterocycles. The zero-order valence-electron chi connectivity index (χ0n) is 12.7. The quantitative estimate of drug-likeness (QED) is 0.717. The first-order chi connectivity index (χ1) is 11.4. The second-order valence-corrected chi connectivity index (χ2v) is 7.73. The fraction of sp³-hybridized carbons (Fsp3) is 0.0625. The number of sulfonamides is 1. The van der Waals surface area contributed by atoms with E-state index in [4.69, 9.17) is 0 Å². The van der Waals surface area contributed by atoms with Gasteiger partial charge in [0, 0.05) is 22.3 Å². The van der Waals surface area contributed by atoms with Crippen molar-refractivity contribution in [3.63, 3.8) is 0 Å². The van der Waals surface area contributed by atoms with E-state index in [0.717, 1.165) is 23.2 Å². The van der Waals surface area contributed by atoms with Crippen molar-refractivity contribution in [2.45, 2.75) is 0 Å². The number of anilines is 3. The Labute approximate surface area is 143 Å². The van der Waals surface area contributed by atoms with Gasteiger partial charge < -0.3 is 5.32 Å². The summed E-state index contributed by atoms with van der Waals surface area (Å²) in [6.07, 6.45) is 1.11. The number of thiazole rings is 1. The average Bonchev–Trinajstić information content (AvgIpc) is 2.97. The van der Waals surface area contributed by atoms with Crippen molar-refractivity contribution >= 4 is 37.9 Å². The standard InChI is InChI=1S/C16H14FN3O2S2/c1-24(21,22)20-14-6-2-11(3-7-14)15-10-23-16(19-15)18-13-8-4-12(17)5-9-13/h2-10,20H,1H3,(H,18,19). The van der Waals surface area contributed by atoms with Crippen LogP contribution in [0.5, 0.6) is 0 Å².